The number of aromatic nitrogens is 4. The van der Waals surface area contributed by atoms with E-state index in [0.717, 1.165) is 30.0 Å². The van der Waals surface area contributed by atoms with Gasteiger partial charge in [0, 0.05) is 30.5 Å². The minimum absolute atomic E-state index is 0.119. The van der Waals surface area contributed by atoms with Crippen LogP contribution >= 0.6 is 0 Å². The van der Waals surface area contributed by atoms with Crippen LogP contribution in [0.3, 0.4) is 0 Å². The van der Waals surface area contributed by atoms with E-state index < -0.39 is 0 Å². The van der Waals surface area contributed by atoms with Crippen LogP contribution in [-0.4, -0.2) is 33.2 Å². The highest BCUT2D eigenvalue weighted by Gasteiger charge is 2.11. The van der Waals surface area contributed by atoms with Gasteiger partial charge in [-0.15, -0.1) is 0 Å². The van der Waals surface area contributed by atoms with Crippen molar-refractivity contribution in [3.8, 4) is 22.8 Å². The van der Waals surface area contributed by atoms with Gasteiger partial charge >= 0.3 is 0 Å². The highest BCUT2D eigenvalue weighted by Crippen LogP contribution is 2.32. The van der Waals surface area contributed by atoms with Gasteiger partial charge in [-0.25, -0.2) is 9.97 Å². The Morgan fingerprint density at radius 2 is 1.91 bits per heavy atom. The summed E-state index contributed by atoms with van der Waals surface area (Å²) in [7, 11) is 1.64. The van der Waals surface area contributed by atoms with Gasteiger partial charge < -0.3 is 19.4 Å². The molecule has 2 heterocycles. The van der Waals surface area contributed by atoms with Crippen molar-refractivity contribution < 1.29 is 9.47 Å². The number of benzene rings is 2. The molecule has 0 bridgehead atoms. The third-order valence-corrected chi connectivity index (χ3v) is 5.14. The largest absolute Gasteiger partial charge is 0.493 e. The van der Waals surface area contributed by atoms with Gasteiger partial charge in [0.25, 0.3) is 0 Å². The summed E-state index contributed by atoms with van der Waals surface area (Å²) in [4.78, 5) is 13.2. The van der Waals surface area contributed by atoms with Crippen molar-refractivity contribution in [3.05, 3.63) is 85.2 Å². The summed E-state index contributed by atoms with van der Waals surface area (Å²) < 4.78 is 13.5. The first-order valence-electron chi connectivity index (χ1n) is 10.6. The lowest BCUT2D eigenvalue weighted by Crippen LogP contribution is -2.08. The van der Waals surface area contributed by atoms with Crippen LogP contribution < -0.4 is 14.8 Å². The molecule has 0 amide bonds. The van der Waals surface area contributed by atoms with Crippen molar-refractivity contribution in [3.63, 3.8) is 0 Å². The minimum Gasteiger partial charge on any atom is -0.493 e. The molecule has 164 valence electrons. The molecule has 0 aliphatic rings. The number of imidazole rings is 1. The Morgan fingerprint density at radius 3 is 2.69 bits per heavy atom. The first-order valence-corrected chi connectivity index (χ1v) is 10.6. The standard InChI is InChI=1S/C25H27N5O2/c1-19(20-7-4-3-5-8-20)28-25-17-27-16-22(29-25)21-9-10-23(24(15-21)31-2)32-14-6-12-30-13-11-26-18-30/h3-5,7-11,13,15-19H,6,12,14H2,1-2H3,(H,28,29). The lowest BCUT2D eigenvalue weighted by atomic mass is 10.1. The number of rotatable bonds is 10. The van der Waals surface area contributed by atoms with E-state index in [0.29, 0.717) is 18.1 Å². The molecule has 0 aliphatic heterocycles. The summed E-state index contributed by atoms with van der Waals surface area (Å²) in [5, 5.41) is 3.42. The van der Waals surface area contributed by atoms with Crippen molar-refractivity contribution >= 4 is 5.82 Å². The molecule has 7 nitrogen and oxygen atoms in total. The molecule has 4 aromatic rings. The third-order valence-electron chi connectivity index (χ3n) is 5.14. The second-order valence-corrected chi connectivity index (χ2v) is 7.43. The Balaban J connectivity index is 1.42. The zero-order chi connectivity index (χ0) is 22.2. The normalized spacial score (nSPS) is 11.7. The van der Waals surface area contributed by atoms with Gasteiger partial charge in [0.2, 0.25) is 0 Å². The monoisotopic (exact) mass is 429 g/mol. The summed E-state index contributed by atoms with van der Waals surface area (Å²) in [6.45, 7) is 3.55. The van der Waals surface area contributed by atoms with E-state index in [9.17, 15) is 0 Å². The average Bonchev–Trinajstić information content (AvgIpc) is 3.36. The molecule has 0 spiro atoms. The van der Waals surface area contributed by atoms with Crippen molar-refractivity contribution in [2.24, 2.45) is 0 Å². The Bertz CT molecular complexity index is 1120. The summed E-state index contributed by atoms with van der Waals surface area (Å²) in [6, 6.07) is 16.2. The zero-order valence-electron chi connectivity index (χ0n) is 18.3. The van der Waals surface area contributed by atoms with Crippen LogP contribution in [0, 0.1) is 0 Å². The molecule has 2 aromatic carbocycles. The zero-order valence-corrected chi connectivity index (χ0v) is 18.3. The molecule has 1 unspecified atom stereocenters. The predicted octanol–water partition coefficient (Wildman–Crippen LogP) is 4.99. The highest BCUT2D eigenvalue weighted by molar-refractivity contribution is 5.64. The van der Waals surface area contributed by atoms with Crippen LogP contribution in [0.4, 0.5) is 5.82 Å². The number of nitrogens with one attached hydrogen (secondary N) is 1. The van der Waals surface area contributed by atoms with E-state index in [2.05, 4.69) is 34.3 Å². The van der Waals surface area contributed by atoms with Gasteiger partial charge in [-0.2, -0.15) is 0 Å². The van der Waals surface area contributed by atoms with E-state index in [1.54, 1.807) is 32.0 Å². The quantitative estimate of drug-likeness (QED) is 0.358. The maximum absolute atomic E-state index is 5.94. The molecule has 1 N–H and O–H groups in total. The van der Waals surface area contributed by atoms with E-state index in [-0.39, 0.29) is 6.04 Å². The Labute approximate surface area is 188 Å². The SMILES string of the molecule is COc1cc(-c2cncc(NC(C)c3ccccc3)n2)ccc1OCCCn1ccnc1. The number of anilines is 1. The summed E-state index contributed by atoms with van der Waals surface area (Å²) in [5.41, 5.74) is 2.87. The topological polar surface area (TPSA) is 74.1 Å². The number of methoxy groups -OCH3 is 1. The molecule has 0 aliphatic carbocycles. The van der Waals surface area contributed by atoms with E-state index in [1.807, 2.05) is 47.2 Å². The predicted molar refractivity (Wildman–Crippen MR) is 125 cm³/mol. The Hall–Kier alpha value is -3.87. The molecule has 7 heteroatoms. The summed E-state index contributed by atoms with van der Waals surface area (Å²) in [5.74, 6) is 2.10. The van der Waals surface area contributed by atoms with Crippen LogP contribution in [-0.2, 0) is 6.54 Å². The van der Waals surface area contributed by atoms with Crippen molar-refractivity contribution in [2.45, 2.75) is 25.9 Å². The van der Waals surface area contributed by atoms with Crippen LogP contribution in [0.2, 0.25) is 0 Å². The second kappa shape index (κ2) is 10.4. The lowest BCUT2D eigenvalue weighted by molar-refractivity contribution is 0.282. The van der Waals surface area contributed by atoms with Gasteiger partial charge in [-0.3, -0.25) is 4.98 Å². The highest BCUT2D eigenvalue weighted by atomic mass is 16.5. The number of aryl methyl sites for hydroxylation is 1. The van der Waals surface area contributed by atoms with Crippen molar-refractivity contribution in [1.29, 1.82) is 0 Å². The maximum Gasteiger partial charge on any atom is 0.161 e. The van der Waals surface area contributed by atoms with Gasteiger partial charge in [-0.1, -0.05) is 30.3 Å². The number of hydrogen-bond acceptors (Lipinski definition) is 6. The first kappa shape index (κ1) is 21.4. The summed E-state index contributed by atoms with van der Waals surface area (Å²) >= 11 is 0. The van der Waals surface area contributed by atoms with Crippen LogP contribution in [0.5, 0.6) is 11.5 Å². The van der Waals surface area contributed by atoms with Crippen LogP contribution in [0.1, 0.15) is 24.9 Å². The van der Waals surface area contributed by atoms with Gasteiger partial charge in [-0.05, 0) is 37.1 Å². The van der Waals surface area contributed by atoms with Crippen molar-refractivity contribution in [1.82, 2.24) is 19.5 Å². The molecule has 4 rings (SSSR count). The fourth-order valence-electron chi connectivity index (χ4n) is 3.42. The first-order chi connectivity index (χ1) is 15.7. The van der Waals surface area contributed by atoms with Crippen LogP contribution in [0.15, 0.2) is 79.6 Å². The van der Waals surface area contributed by atoms with Gasteiger partial charge in [0.05, 0.1) is 38.1 Å². The molecular weight excluding hydrogens is 402 g/mol. The minimum atomic E-state index is 0.119. The summed E-state index contributed by atoms with van der Waals surface area (Å²) in [6.07, 6.45) is 9.88. The van der Waals surface area contributed by atoms with E-state index >= 15 is 0 Å². The molecule has 1 atom stereocenters. The fraction of sp³-hybridized carbons (Fsp3) is 0.240. The molecule has 0 fully saturated rings. The molecule has 0 saturated carbocycles. The molecule has 32 heavy (non-hydrogen) atoms. The van der Waals surface area contributed by atoms with E-state index in [1.165, 1.54) is 5.56 Å². The lowest BCUT2D eigenvalue weighted by Gasteiger charge is -2.15. The molecular formula is C25H27N5O2. The number of nitrogens with zero attached hydrogens (tertiary/aromatic N) is 4. The fourth-order valence-corrected chi connectivity index (χ4v) is 3.42. The molecule has 0 saturated heterocycles. The van der Waals surface area contributed by atoms with Crippen LogP contribution in [0.25, 0.3) is 11.3 Å². The number of hydrogen-bond donors (Lipinski definition) is 1. The smallest absolute Gasteiger partial charge is 0.161 e. The molecule has 0 radical (unpaired) electrons. The maximum atomic E-state index is 5.94. The Morgan fingerprint density at radius 1 is 1.03 bits per heavy atom. The number of ether oxygens (including phenoxy) is 2. The van der Waals surface area contributed by atoms with Gasteiger partial charge in [0.1, 0.15) is 5.82 Å². The third kappa shape index (κ3) is 5.43. The average molecular weight is 430 g/mol. The van der Waals surface area contributed by atoms with Crippen molar-refractivity contribution in [2.75, 3.05) is 19.0 Å². The molecule has 2 aromatic heterocycles. The Kier molecular flexibility index (Phi) is 6.97. The second-order valence-electron chi connectivity index (χ2n) is 7.43. The van der Waals surface area contributed by atoms with E-state index in [4.69, 9.17) is 14.5 Å². The van der Waals surface area contributed by atoms with Gasteiger partial charge in [0.15, 0.2) is 11.5 Å².